The lowest BCUT2D eigenvalue weighted by Crippen LogP contribution is -2.31. The first-order valence-electron chi connectivity index (χ1n) is 9.10. The molecule has 5 heteroatoms. The van der Waals surface area contributed by atoms with Crippen molar-refractivity contribution in [2.24, 2.45) is 0 Å². The maximum Gasteiger partial charge on any atom is 0.251 e. The zero-order valence-corrected chi connectivity index (χ0v) is 15.3. The van der Waals surface area contributed by atoms with Crippen LogP contribution in [-0.2, 0) is 13.0 Å². The van der Waals surface area contributed by atoms with Gasteiger partial charge in [-0.15, -0.1) is 5.10 Å². The Morgan fingerprint density at radius 3 is 2.73 bits per heavy atom. The van der Waals surface area contributed by atoms with E-state index in [2.05, 4.69) is 82.4 Å². The first-order valence-corrected chi connectivity index (χ1v) is 9.10. The summed E-state index contributed by atoms with van der Waals surface area (Å²) in [6.45, 7) is 6.81. The molecule has 0 fully saturated rings. The van der Waals surface area contributed by atoms with E-state index in [0.29, 0.717) is 5.95 Å². The highest BCUT2D eigenvalue weighted by atomic mass is 15.3. The summed E-state index contributed by atoms with van der Waals surface area (Å²) in [4.78, 5) is 9.21. The number of rotatable bonds is 4. The lowest BCUT2D eigenvalue weighted by molar-refractivity contribution is 0.711. The molecule has 0 N–H and O–H groups in total. The Morgan fingerprint density at radius 1 is 1.08 bits per heavy atom. The SMILES string of the molecule is CCN(c1cccc(C)c1)c1nncc(N2CCc3ccccc3C2)n1. The van der Waals surface area contributed by atoms with E-state index in [1.165, 1.54) is 16.7 Å². The van der Waals surface area contributed by atoms with Gasteiger partial charge in [-0.2, -0.15) is 10.1 Å². The minimum absolute atomic E-state index is 0.648. The number of hydrogen-bond acceptors (Lipinski definition) is 5. The number of aryl methyl sites for hydroxylation is 1. The Labute approximate surface area is 154 Å². The van der Waals surface area contributed by atoms with Gasteiger partial charge in [0.2, 0.25) is 0 Å². The molecule has 0 saturated carbocycles. The number of aromatic nitrogens is 3. The van der Waals surface area contributed by atoms with Gasteiger partial charge in [0.25, 0.3) is 5.95 Å². The highest BCUT2D eigenvalue weighted by Crippen LogP contribution is 2.26. The quantitative estimate of drug-likeness (QED) is 0.717. The van der Waals surface area contributed by atoms with Crippen LogP contribution in [0.25, 0.3) is 0 Å². The summed E-state index contributed by atoms with van der Waals surface area (Å²) in [7, 11) is 0. The normalized spacial score (nSPS) is 13.4. The molecule has 0 amide bonds. The van der Waals surface area contributed by atoms with Crippen LogP contribution in [0.2, 0.25) is 0 Å². The molecule has 1 aliphatic heterocycles. The molecule has 0 spiro atoms. The third-order valence-electron chi connectivity index (χ3n) is 4.86. The highest BCUT2D eigenvalue weighted by Gasteiger charge is 2.19. The number of benzene rings is 2. The average molecular weight is 345 g/mol. The molecule has 1 aliphatic rings. The van der Waals surface area contributed by atoms with Crippen molar-refractivity contribution in [1.82, 2.24) is 15.2 Å². The van der Waals surface area contributed by atoms with Crippen LogP contribution in [0.4, 0.5) is 17.5 Å². The molecule has 0 bridgehead atoms. The Morgan fingerprint density at radius 2 is 1.92 bits per heavy atom. The molecule has 0 atom stereocenters. The molecule has 3 aromatic rings. The van der Waals surface area contributed by atoms with E-state index in [1.807, 2.05) is 0 Å². The van der Waals surface area contributed by atoms with Gasteiger partial charge in [-0.1, -0.05) is 36.4 Å². The van der Waals surface area contributed by atoms with Crippen molar-refractivity contribution in [3.8, 4) is 0 Å². The fraction of sp³-hybridized carbons (Fsp3) is 0.286. The third kappa shape index (κ3) is 3.25. The Hall–Kier alpha value is -2.95. The van der Waals surface area contributed by atoms with Gasteiger partial charge in [0.05, 0.1) is 6.20 Å². The summed E-state index contributed by atoms with van der Waals surface area (Å²) in [5, 5.41) is 8.53. The minimum atomic E-state index is 0.648. The number of fused-ring (bicyclic) bond motifs is 1. The molecule has 2 aromatic carbocycles. The summed E-state index contributed by atoms with van der Waals surface area (Å²) in [6.07, 6.45) is 2.80. The monoisotopic (exact) mass is 345 g/mol. The fourth-order valence-electron chi connectivity index (χ4n) is 3.48. The summed E-state index contributed by atoms with van der Waals surface area (Å²) in [6, 6.07) is 17.0. The smallest absolute Gasteiger partial charge is 0.251 e. The van der Waals surface area contributed by atoms with Crippen LogP contribution in [0.5, 0.6) is 0 Å². The molecule has 2 heterocycles. The summed E-state index contributed by atoms with van der Waals surface area (Å²) in [5.74, 6) is 1.53. The molecule has 0 aliphatic carbocycles. The molecule has 0 saturated heterocycles. The second-order valence-corrected chi connectivity index (χ2v) is 6.64. The van der Waals surface area contributed by atoms with Crippen LogP contribution >= 0.6 is 0 Å². The van der Waals surface area contributed by atoms with Gasteiger partial charge in [0, 0.05) is 25.3 Å². The van der Waals surface area contributed by atoms with Gasteiger partial charge >= 0.3 is 0 Å². The van der Waals surface area contributed by atoms with Gasteiger partial charge in [-0.05, 0) is 49.1 Å². The Kier molecular flexibility index (Phi) is 4.52. The summed E-state index contributed by atoms with van der Waals surface area (Å²) in [5.41, 5.74) is 5.11. The zero-order chi connectivity index (χ0) is 17.9. The second-order valence-electron chi connectivity index (χ2n) is 6.64. The number of hydrogen-bond donors (Lipinski definition) is 0. The first-order chi connectivity index (χ1) is 12.7. The maximum atomic E-state index is 4.82. The lowest BCUT2D eigenvalue weighted by atomic mass is 10.0. The van der Waals surface area contributed by atoms with E-state index in [0.717, 1.165) is 37.6 Å². The molecule has 26 heavy (non-hydrogen) atoms. The predicted molar refractivity (Wildman–Crippen MR) is 105 cm³/mol. The molecule has 4 rings (SSSR count). The van der Waals surface area contributed by atoms with E-state index in [9.17, 15) is 0 Å². The van der Waals surface area contributed by atoms with Crippen molar-refractivity contribution in [2.45, 2.75) is 26.8 Å². The van der Waals surface area contributed by atoms with Crippen LogP contribution < -0.4 is 9.80 Å². The number of nitrogens with zero attached hydrogens (tertiary/aromatic N) is 5. The lowest BCUT2D eigenvalue weighted by Gasteiger charge is -2.30. The average Bonchev–Trinajstić information content (AvgIpc) is 2.68. The molecule has 0 radical (unpaired) electrons. The van der Waals surface area contributed by atoms with Crippen LogP contribution in [0.1, 0.15) is 23.6 Å². The van der Waals surface area contributed by atoms with Gasteiger partial charge in [-0.3, -0.25) is 0 Å². The van der Waals surface area contributed by atoms with Gasteiger partial charge < -0.3 is 9.80 Å². The maximum absolute atomic E-state index is 4.82. The van der Waals surface area contributed by atoms with E-state index >= 15 is 0 Å². The van der Waals surface area contributed by atoms with Crippen molar-refractivity contribution in [3.63, 3.8) is 0 Å². The van der Waals surface area contributed by atoms with Gasteiger partial charge in [0.1, 0.15) is 0 Å². The largest absolute Gasteiger partial charge is 0.350 e. The number of anilines is 3. The van der Waals surface area contributed by atoms with E-state index in [4.69, 9.17) is 4.98 Å². The molecule has 1 aromatic heterocycles. The fourth-order valence-corrected chi connectivity index (χ4v) is 3.48. The van der Waals surface area contributed by atoms with Crippen molar-refractivity contribution >= 4 is 17.5 Å². The second kappa shape index (κ2) is 7.12. The zero-order valence-electron chi connectivity index (χ0n) is 15.3. The molecule has 0 unspecified atom stereocenters. The molecular formula is C21H23N5. The van der Waals surface area contributed by atoms with E-state index in [-0.39, 0.29) is 0 Å². The van der Waals surface area contributed by atoms with Crippen molar-refractivity contribution in [1.29, 1.82) is 0 Å². The van der Waals surface area contributed by atoms with Crippen LogP contribution in [0, 0.1) is 6.92 Å². The predicted octanol–water partition coefficient (Wildman–Crippen LogP) is 3.90. The summed E-state index contributed by atoms with van der Waals surface area (Å²) >= 11 is 0. The molecular weight excluding hydrogens is 322 g/mol. The first kappa shape index (κ1) is 16.5. The minimum Gasteiger partial charge on any atom is -0.350 e. The molecule has 5 nitrogen and oxygen atoms in total. The topological polar surface area (TPSA) is 45.2 Å². The van der Waals surface area contributed by atoms with Crippen LogP contribution in [0.15, 0.2) is 54.7 Å². The molecule has 132 valence electrons. The van der Waals surface area contributed by atoms with Crippen molar-refractivity contribution in [2.75, 3.05) is 22.9 Å². The van der Waals surface area contributed by atoms with Gasteiger partial charge in [-0.25, -0.2) is 0 Å². The van der Waals surface area contributed by atoms with Crippen LogP contribution in [0.3, 0.4) is 0 Å². The Bertz CT molecular complexity index is 908. The van der Waals surface area contributed by atoms with Crippen LogP contribution in [-0.4, -0.2) is 28.3 Å². The van der Waals surface area contributed by atoms with E-state index in [1.54, 1.807) is 6.20 Å². The Balaban J connectivity index is 1.62. The van der Waals surface area contributed by atoms with Crippen molar-refractivity contribution in [3.05, 3.63) is 71.4 Å². The standard InChI is InChI=1S/C21H23N5/c1-3-26(19-10-6-7-16(2)13-19)21-23-20(14-22-24-21)25-12-11-17-8-4-5-9-18(17)15-25/h4-10,13-14H,3,11-12,15H2,1-2H3. The van der Waals surface area contributed by atoms with E-state index < -0.39 is 0 Å². The van der Waals surface area contributed by atoms with Gasteiger partial charge in [0.15, 0.2) is 5.82 Å². The van der Waals surface area contributed by atoms with Crippen molar-refractivity contribution < 1.29 is 0 Å². The summed E-state index contributed by atoms with van der Waals surface area (Å²) < 4.78 is 0. The highest BCUT2D eigenvalue weighted by molar-refractivity contribution is 5.59. The third-order valence-corrected chi connectivity index (χ3v) is 4.86.